The Morgan fingerprint density at radius 3 is 2.80 bits per heavy atom. The Bertz CT molecular complexity index is 431. The van der Waals surface area contributed by atoms with Gasteiger partial charge >= 0.3 is 0 Å². The van der Waals surface area contributed by atoms with Gasteiger partial charge in [0.1, 0.15) is 18.6 Å². The summed E-state index contributed by atoms with van der Waals surface area (Å²) >= 11 is 0. The lowest BCUT2D eigenvalue weighted by Crippen LogP contribution is -2.43. The highest BCUT2D eigenvalue weighted by Crippen LogP contribution is 2.26. The molecule has 1 fully saturated rings. The molecule has 0 amide bonds. The molecule has 0 spiro atoms. The zero-order chi connectivity index (χ0) is 14.2. The van der Waals surface area contributed by atoms with Gasteiger partial charge in [-0.05, 0) is 23.8 Å². The summed E-state index contributed by atoms with van der Waals surface area (Å²) in [4.78, 5) is 13.2. The minimum Gasteiger partial charge on any atom is -0.491 e. The summed E-state index contributed by atoms with van der Waals surface area (Å²) in [6.45, 7) is 4.97. The van der Waals surface area contributed by atoms with E-state index in [4.69, 9.17) is 9.47 Å². The third-order valence-corrected chi connectivity index (χ3v) is 3.37. The Morgan fingerprint density at radius 1 is 1.30 bits per heavy atom. The predicted molar refractivity (Wildman–Crippen MR) is 78.7 cm³/mol. The van der Waals surface area contributed by atoms with Crippen molar-refractivity contribution in [2.75, 3.05) is 51.4 Å². The quantitative estimate of drug-likeness (QED) is 0.592. The fourth-order valence-electron chi connectivity index (χ4n) is 2.36. The van der Waals surface area contributed by atoms with Gasteiger partial charge in [0.15, 0.2) is 0 Å². The lowest BCUT2D eigenvalue weighted by molar-refractivity contribution is -0.107. The van der Waals surface area contributed by atoms with Gasteiger partial charge in [-0.3, -0.25) is 0 Å². The lowest BCUT2D eigenvalue weighted by Gasteiger charge is -2.31. The van der Waals surface area contributed by atoms with Gasteiger partial charge in [0.25, 0.3) is 0 Å². The number of nitrogens with zero attached hydrogens (tertiary/aromatic N) is 1. The van der Waals surface area contributed by atoms with Gasteiger partial charge in [-0.15, -0.1) is 0 Å². The van der Waals surface area contributed by atoms with Crippen molar-refractivity contribution in [2.24, 2.45) is 0 Å². The third kappa shape index (κ3) is 3.95. The molecule has 0 atom stereocenters. The Morgan fingerprint density at radius 2 is 2.10 bits per heavy atom. The van der Waals surface area contributed by atoms with Crippen LogP contribution in [0.2, 0.25) is 0 Å². The van der Waals surface area contributed by atoms with Crippen molar-refractivity contribution in [3.8, 4) is 5.75 Å². The van der Waals surface area contributed by atoms with Crippen LogP contribution in [0.25, 0.3) is 0 Å². The first kappa shape index (κ1) is 14.8. The summed E-state index contributed by atoms with van der Waals surface area (Å²) < 4.78 is 10.6. The van der Waals surface area contributed by atoms with Crippen LogP contribution in [0.3, 0.4) is 0 Å². The number of nitrogens with one attached hydrogen (secondary N) is 1. The number of hydrogen-bond acceptors (Lipinski definition) is 5. The molecule has 0 aliphatic carbocycles. The van der Waals surface area contributed by atoms with Crippen LogP contribution < -0.4 is 15.0 Å². The molecule has 1 saturated heterocycles. The maximum atomic E-state index is 10.9. The number of carbonyl (C=O) groups is 1. The third-order valence-electron chi connectivity index (χ3n) is 3.37. The summed E-state index contributed by atoms with van der Waals surface area (Å²) in [5.41, 5.74) is 2.16. The summed E-state index contributed by atoms with van der Waals surface area (Å²) in [7, 11) is 1.65. The summed E-state index contributed by atoms with van der Waals surface area (Å²) in [5, 5.41) is 3.33. The Kier molecular flexibility index (Phi) is 5.83. The second-order valence-electron chi connectivity index (χ2n) is 4.74. The van der Waals surface area contributed by atoms with Gasteiger partial charge < -0.3 is 24.5 Å². The Hall–Kier alpha value is -1.59. The molecule has 0 unspecified atom stereocenters. The van der Waals surface area contributed by atoms with Crippen molar-refractivity contribution in [2.45, 2.75) is 6.42 Å². The van der Waals surface area contributed by atoms with Gasteiger partial charge in [0, 0.05) is 45.4 Å². The predicted octanol–water partition coefficient (Wildman–Crippen LogP) is 0.863. The van der Waals surface area contributed by atoms with E-state index in [1.165, 1.54) is 0 Å². The van der Waals surface area contributed by atoms with Crippen molar-refractivity contribution in [3.05, 3.63) is 23.8 Å². The van der Waals surface area contributed by atoms with Crippen molar-refractivity contribution < 1.29 is 14.3 Å². The maximum absolute atomic E-state index is 10.9. The zero-order valence-electron chi connectivity index (χ0n) is 11.9. The molecule has 2 rings (SSSR count). The van der Waals surface area contributed by atoms with E-state index in [2.05, 4.69) is 10.2 Å². The fourth-order valence-corrected chi connectivity index (χ4v) is 2.36. The zero-order valence-corrected chi connectivity index (χ0v) is 11.9. The first-order valence-corrected chi connectivity index (χ1v) is 6.99. The number of methoxy groups -OCH3 is 1. The molecular formula is C15H22N2O3. The van der Waals surface area contributed by atoms with Crippen LogP contribution in [0.4, 0.5) is 5.69 Å². The number of ether oxygens (including phenoxy) is 2. The number of carbonyl (C=O) groups excluding carboxylic acids is 1. The molecule has 1 aliphatic heterocycles. The SMILES string of the molecule is COCCOc1ccc(N2CCNCC2)c(CC=O)c1. The number of piperazine rings is 1. The fraction of sp³-hybridized carbons (Fsp3) is 0.533. The van der Waals surface area contributed by atoms with E-state index in [1.54, 1.807) is 7.11 Å². The highest BCUT2D eigenvalue weighted by Gasteiger charge is 2.14. The van der Waals surface area contributed by atoms with Crippen LogP contribution in [-0.2, 0) is 16.0 Å². The average Bonchev–Trinajstić information content (AvgIpc) is 2.49. The van der Waals surface area contributed by atoms with Gasteiger partial charge in [0.05, 0.1) is 6.61 Å². The first-order chi connectivity index (χ1) is 9.85. The minimum absolute atomic E-state index is 0.417. The molecule has 1 heterocycles. The van der Waals surface area contributed by atoms with Gasteiger partial charge in [0.2, 0.25) is 0 Å². The normalized spacial score (nSPS) is 15.2. The molecule has 1 N–H and O–H groups in total. The van der Waals surface area contributed by atoms with Crippen molar-refractivity contribution in [1.29, 1.82) is 0 Å². The van der Waals surface area contributed by atoms with Gasteiger partial charge in [-0.1, -0.05) is 0 Å². The summed E-state index contributed by atoms with van der Waals surface area (Å²) in [5.74, 6) is 0.790. The van der Waals surface area contributed by atoms with Crippen molar-refractivity contribution in [3.63, 3.8) is 0 Å². The van der Waals surface area contributed by atoms with E-state index in [1.807, 2.05) is 18.2 Å². The number of rotatable bonds is 7. The topological polar surface area (TPSA) is 50.8 Å². The van der Waals surface area contributed by atoms with E-state index in [9.17, 15) is 4.79 Å². The van der Waals surface area contributed by atoms with E-state index < -0.39 is 0 Å². The number of aldehydes is 1. The van der Waals surface area contributed by atoms with Crippen LogP contribution in [0.5, 0.6) is 5.75 Å². The average molecular weight is 278 g/mol. The molecule has 5 nitrogen and oxygen atoms in total. The molecule has 0 radical (unpaired) electrons. The monoisotopic (exact) mass is 278 g/mol. The molecule has 0 saturated carbocycles. The van der Waals surface area contributed by atoms with Gasteiger partial charge in [-0.2, -0.15) is 0 Å². The highest BCUT2D eigenvalue weighted by molar-refractivity contribution is 5.65. The molecule has 1 aliphatic rings. The van der Waals surface area contributed by atoms with Gasteiger partial charge in [-0.25, -0.2) is 0 Å². The molecule has 0 aromatic heterocycles. The molecule has 5 heteroatoms. The molecule has 0 bridgehead atoms. The number of anilines is 1. The Balaban J connectivity index is 2.11. The largest absolute Gasteiger partial charge is 0.491 e. The van der Waals surface area contributed by atoms with Crippen LogP contribution in [0.1, 0.15) is 5.56 Å². The van der Waals surface area contributed by atoms with Crippen molar-refractivity contribution in [1.82, 2.24) is 5.32 Å². The molecule has 1 aromatic carbocycles. The smallest absolute Gasteiger partial charge is 0.124 e. The van der Waals surface area contributed by atoms with E-state index >= 15 is 0 Å². The standard InChI is InChI=1S/C15H22N2O3/c1-19-10-11-20-14-2-3-15(13(12-14)4-9-18)17-7-5-16-6-8-17/h2-3,9,12,16H,4-8,10-11H2,1H3. The Labute approximate surface area is 119 Å². The van der Waals surface area contributed by atoms with Crippen LogP contribution >= 0.6 is 0 Å². The minimum atomic E-state index is 0.417. The molecular weight excluding hydrogens is 256 g/mol. The molecule has 20 heavy (non-hydrogen) atoms. The second kappa shape index (κ2) is 7.87. The number of hydrogen-bond donors (Lipinski definition) is 1. The molecule has 110 valence electrons. The molecule has 1 aromatic rings. The van der Waals surface area contributed by atoms with Crippen LogP contribution in [-0.4, -0.2) is 52.8 Å². The van der Waals surface area contributed by atoms with Crippen molar-refractivity contribution >= 4 is 12.0 Å². The summed E-state index contributed by atoms with van der Waals surface area (Å²) in [6.07, 6.45) is 1.36. The lowest BCUT2D eigenvalue weighted by atomic mass is 10.1. The van der Waals surface area contributed by atoms with Crippen LogP contribution in [0, 0.1) is 0 Å². The van der Waals surface area contributed by atoms with E-state index in [-0.39, 0.29) is 0 Å². The number of benzene rings is 1. The first-order valence-electron chi connectivity index (χ1n) is 6.99. The summed E-state index contributed by atoms with van der Waals surface area (Å²) in [6, 6.07) is 5.97. The van der Waals surface area contributed by atoms with Crippen LogP contribution in [0.15, 0.2) is 18.2 Å². The van der Waals surface area contributed by atoms with E-state index in [0.29, 0.717) is 19.6 Å². The second-order valence-corrected chi connectivity index (χ2v) is 4.74. The maximum Gasteiger partial charge on any atom is 0.124 e. The highest BCUT2D eigenvalue weighted by atomic mass is 16.5. The van der Waals surface area contributed by atoms with E-state index in [0.717, 1.165) is 49.5 Å².